The van der Waals surface area contributed by atoms with Crippen molar-refractivity contribution in [2.45, 2.75) is 6.10 Å². The summed E-state index contributed by atoms with van der Waals surface area (Å²) in [6.07, 6.45) is 1.43. The van der Waals surface area contributed by atoms with Crippen molar-refractivity contribution in [3.05, 3.63) is 63.9 Å². The average molecular weight is 380 g/mol. The summed E-state index contributed by atoms with van der Waals surface area (Å²) in [4.78, 5) is 16.3. The number of carbonyl (C=O) groups excluding carboxylic acids is 1. The first-order valence-corrected chi connectivity index (χ1v) is 8.87. The molecule has 132 valence electrons. The minimum atomic E-state index is -0.197. The molecule has 0 spiro atoms. The van der Waals surface area contributed by atoms with Crippen molar-refractivity contribution in [2.75, 3.05) is 26.2 Å². The van der Waals surface area contributed by atoms with Crippen molar-refractivity contribution in [2.24, 2.45) is 5.92 Å². The van der Waals surface area contributed by atoms with E-state index in [1.54, 1.807) is 30.5 Å². The number of hydrogen-bond acceptors (Lipinski definition) is 4. The number of nitrogens with one attached hydrogen (secondary N) is 2. The van der Waals surface area contributed by atoms with E-state index in [1.165, 1.54) is 0 Å². The van der Waals surface area contributed by atoms with Crippen LogP contribution in [0.4, 0.5) is 0 Å². The molecule has 1 aliphatic heterocycles. The second-order valence-corrected chi connectivity index (χ2v) is 6.67. The number of carbonyl (C=O) groups is 1. The first kappa shape index (κ1) is 18.1. The summed E-state index contributed by atoms with van der Waals surface area (Å²) in [5.74, 6) is -0.134. The molecule has 2 aromatic rings. The zero-order valence-electron chi connectivity index (χ0n) is 13.5. The van der Waals surface area contributed by atoms with E-state index in [0.29, 0.717) is 28.9 Å². The van der Waals surface area contributed by atoms with E-state index in [-0.39, 0.29) is 17.9 Å². The maximum Gasteiger partial charge on any atom is 0.269 e. The van der Waals surface area contributed by atoms with Gasteiger partial charge in [-0.05, 0) is 29.8 Å². The van der Waals surface area contributed by atoms with Gasteiger partial charge in [0.15, 0.2) is 0 Å². The standard InChI is InChI=1S/C18H19Cl2N3O2/c19-14-5-4-12(9-15(14)20)17-13(10-21-7-8-25-17)11-23-18(24)16-3-1-2-6-22-16/h1-6,9,13,17,21H,7-8,10-11H2,(H,23,24)/t13-,17-/m0/s1. The van der Waals surface area contributed by atoms with E-state index in [1.807, 2.05) is 12.1 Å². The molecular weight excluding hydrogens is 361 g/mol. The van der Waals surface area contributed by atoms with E-state index >= 15 is 0 Å². The molecule has 1 amide bonds. The summed E-state index contributed by atoms with van der Waals surface area (Å²) in [5, 5.41) is 7.29. The Balaban J connectivity index is 1.72. The Morgan fingerprint density at radius 3 is 2.92 bits per heavy atom. The lowest BCUT2D eigenvalue weighted by molar-refractivity contribution is 0.0305. The molecule has 2 N–H and O–H groups in total. The Morgan fingerprint density at radius 2 is 2.16 bits per heavy atom. The lowest BCUT2D eigenvalue weighted by atomic mass is 9.95. The summed E-state index contributed by atoms with van der Waals surface area (Å²) < 4.78 is 6.00. The molecule has 1 aromatic carbocycles. The minimum absolute atomic E-state index is 0.0624. The SMILES string of the molecule is O=C(NC[C@@H]1CNCCO[C@H]1c1ccc(Cl)c(Cl)c1)c1ccccn1. The van der Waals surface area contributed by atoms with E-state index in [2.05, 4.69) is 15.6 Å². The number of benzene rings is 1. The van der Waals surface area contributed by atoms with Crippen LogP contribution in [-0.2, 0) is 4.74 Å². The Labute approximate surface area is 156 Å². The summed E-state index contributed by atoms with van der Waals surface area (Å²) in [5.41, 5.74) is 1.35. The number of halogens is 2. The van der Waals surface area contributed by atoms with Gasteiger partial charge in [-0.25, -0.2) is 0 Å². The van der Waals surface area contributed by atoms with Gasteiger partial charge in [-0.15, -0.1) is 0 Å². The zero-order chi connectivity index (χ0) is 17.6. The number of aromatic nitrogens is 1. The molecule has 0 unspecified atom stereocenters. The molecule has 0 bridgehead atoms. The van der Waals surface area contributed by atoms with Crippen LogP contribution in [0.2, 0.25) is 10.0 Å². The molecule has 2 atom stereocenters. The van der Waals surface area contributed by atoms with Gasteiger partial charge in [0.1, 0.15) is 5.69 Å². The molecule has 0 radical (unpaired) electrons. The van der Waals surface area contributed by atoms with Gasteiger partial charge in [0.05, 0.1) is 22.8 Å². The van der Waals surface area contributed by atoms with Gasteiger partial charge < -0.3 is 15.4 Å². The van der Waals surface area contributed by atoms with Crippen LogP contribution < -0.4 is 10.6 Å². The summed E-state index contributed by atoms with van der Waals surface area (Å²) in [7, 11) is 0. The fourth-order valence-corrected chi connectivity index (χ4v) is 3.14. The van der Waals surface area contributed by atoms with Crippen LogP contribution in [0.15, 0.2) is 42.6 Å². The van der Waals surface area contributed by atoms with Crippen molar-refractivity contribution in [3.63, 3.8) is 0 Å². The summed E-state index contributed by atoms with van der Waals surface area (Å²) >= 11 is 12.2. The third kappa shape index (κ3) is 4.70. The van der Waals surface area contributed by atoms with Crippen LogP contribution in [0.5, 0.6) is 0 Å². The number of hydrogen-bond donors (Lipinski definition) is 2. The minimum Gasteiger partial charge on any atom is -0.372 e. The van der Waals surface area contributed by atoms with Gasteiger partial charge >= 0.3 is 0 Å². The molecule has 1 saturated heterocycles. The summed E-state index contributed by atoms with van der Waals surface area (Å²) in [6, 6.07) is 10.8. The molecule has 1 aliphatic rings. The molecular formula is C18H19Cl2N3O2. The highest BCUT2D eigenvalue weighted by molar-refractivity contribution is 6.42. The number of amides is 1. The molecule has 5 nitrogen and oxygen atoms in total. The number of pyridine rings is 1. The molecule has 1 aromatic heterocycles. The van der Waals surface area contributed by atoms with E-state index < -0.39 is 0 Å². The third-order valence-corrected chi connectivity index (χ3v) is 4.84. The highest BCUT2D eigenvalue weighted by atomic mass is 35.5. The predicted octanol–water partition coefficient (Wildman–Crippen LogP) is 3.10. The average Bonchev–Trinajstić information content (AvgIpc) is 2.88. The van der Waals surface area contributed by atoms with Gasteiger partial charge in [0.25, 0.3) is 5.91 Å². The van der Waals surface area contributed by atoms with Crippen molar-refractivity contribution < 1.29 is 9.53 Å². The quantitative estimate of drug-likeness (QED) is 0.856. The lowest BCUT2D eigenvalue weighted by Crippen LogP contribution is -2.36. The number of ether oxygens (including phenoxy) is 1. The fraction of sp³-hybridized carbons (Fsp3) is 0.333. The van der Waals surface area contributed by atoms with Crippen LogP contribution in [0.1, 0.15) is 22.2 Å². The van der Waals surface area contributed by atoms with Gasteiger partial charge in [-0.1, -0.05) is 35.3 Å². The van der Waals surface area contributed by atoms with Gasteiger partial charge in [-0.3, -0.25) is 9.78 Å². The molecule has 0 aliphatic carbocycles. The largest absolute Gasteiger partial charge is 0.372 e. The van der Waals surface area contributed by atoms with E-state index in [0.717, 1.165) is 18.7 Å². The zero-order valence-corrected chi connectivity index (χ0v) is 15.1. The summed E-state index contributed by atoms with van der Waals surface area (Å²) in [6.45, 7) is 2.55. The fourth-order valence-electron chi connectivity index (χ4n) is 2.84. The smallest absolute Gasteiger partial charge is 0.269 e. The maximum absolute atomic E-state index is 12.2. The normalized spacial score (nSPS) is 20.7. The van der Waals surface area contributed by atoms with Crippen molar-refractivity contribution >= 4 is 29.1 Å². The van der Waals surface area contributed by atoms with Crippen molar-refractivity contribution in [1.82, 2.24) is 15.6 Å². The van der Waals surface area contributed by atoms with Gasteiger partial charge in [0.2, 0.25) is 0 Å². The van der Waals surface area contributed by atoms with Crippen LogP contribution >= 0.6 is 23.2 Å². The monoisotopic (exact) mass is 379 g/mol. The maximum atomic E-state index is 12.2. The van der Waals surface area contributed by atoms with E-state index in [4.69, 9.17) is 27.9 Å². The first-order valence-electron chi connectivity index (χ1n) is 8.11. The Hall–Kier alpha value is -1.66. The van der Waals surface area contributed by atoms with Gasteiger partial charge in [0, 0.05) is 31.7 Å². The number of rotatable bonds is 4. The van der Waals surface area contributed by atoms with Gasteiger partial charge in [-0.2, -0.15) is 0 Å². The van der Waals surface area contributed by atoms with Crippen molar-refractivity contribution in [3.8, 4) is 0 Å². The molecule has 1 fully saturated rings. The van der Waals surface area contributed by atoms with Crippen molar-refractivity contribution in [1.29, 1.82) is 0 Å². The first-order chi connectivity index (χ1) is 12.1. The van der Waals surface area contributed by atoms with Crippen LogP contribution in [-0.4, -0.2) is 37.1 Å². The highest BCUT2D eigenvalue weighted by Gasteiger charge is 2.27. The van der Waals surface area contributed by atoms with Crippen LogP contribution in [0.3, 0.4) is 0 Å². The second kappa shape index (κ2) is 8.63. The Bertz CT molecular complexity index is 728. The molecule has 3 rings (SSSR count). The molecule has 2 heterocycles. The second-order valence-electron chi connectivity index (χ2n) is 5.85. The topological polar surface area (TPSA) is 63.2 Å². The Kier molecular flexibility index (Phi) is 6.26. The molecule has 0 saturated carbocycles. The van der Waals surface area contributed by atoms with Crippen LogP contribution in [0, 0.1) is 5.92 Å². The highest BCUT2D eigenvalue weighted by Crippen LogP contribution is 2.31. The molecule has 7 heteroatoms. The molecule has 25 heavy (non-hydrogen) atoms. The van der Waals surface area contributed by atoms with E-state index in [9.17, 15) is 4.79 Å². The Morgan fingerprint density at radius 1 is 1.28 bits per heavy atom. The lowest BCUT2D eigenvalue weighted by Gasteiger charge is -2.25. The predicted molar refractivity (Wildman–Crippen MR) is 98.1 cm³/mol. The number of nitrogens with zero attached hydrogens (tertiary/aromatic N) is 1. The third-order valence-electron chi connectivity index (χ3n) is 4.11. The van der Waals surface area contributed by atoms with Crippen LogP contribution in [0.25, 0.3) is 0 Å².